The molecule has 1 N–H and O–H groups in total. The van der Waals surface area contributed by atoms with Crippen molar-refractivity contribution >= 4 is 38.4 Å². The maximum absolute atomic E-state index is 5.48. The van der Waals surface area contributed by atoms with E-state index in [1.807, 2.05) is 32.2 Å². The SMILES string of the molecule is CNCc1nc(-c2ccc3oc(C)nc3c2)sc1Br. The molecular weight excluding hydrogens is 326 g/mol. The minimum atomic E-state index is 0.684. The number of thiazole rings is 1. The molecule has 0 fully saturated rings. The molecule has 2 heterocycles. The van der Waals surface area contributed by atoms with Crippen LogP contribution in [0.1, 0.15) is 11.6 Å². The number of rotatable bonds is 3. The van der Waals surface area contributed by atoms with Crippen molar-refractivity contribution in [2.75, 3.05) is 7.05 Å². The molecule has 3 rings (SSSR count). The van der Waals surface area contributed by atoms with Crippen molar-refractivity contribution in [1.82, 2.24) is 15.3 Å². The van der Waals surface area contributed by atoms with Crippen molar-refractivity contribution in [3.63, 3.8) is 0 Å². The molecule has 0 aliphatic rings. The summed E-state index contributed by atoms with van der Waals surface area (Å²) in [5.41, 5.74) is 3.77. The lowest BCUT2D eigenvalue weighted by Gasteiger charge is -1.95. The molecule has 3 aromatic rings. The monoisotopic (exact) mass is 337 g/mol. The van der Waals surface area contributed by atoms with Crippen molar-refractivity contribution in [3.05, 3.63) is 33.6 Å². The van der Waals surface area contributed by atoms with E-state index in [-0.39, 0.29) is 0 Å². The number of halogens is 1. The molecule has 0 unspecified atom stereocenters. The second-order valence-corrected chi connectivity index (χ2v) is 6.50. The summed E-state index contributed by atoms with van der Waals surface area (Å²) < 4.78 is 6.54. The Morgan fingerprint density at radius 3 is 3.00 bits per heavy atom. The predicted octanol–water partition coefficient (Wildman–Crippen LogP) is 3.74. The molecule has 98 valence electrons. The highest BCUT2D eigenvalue weighted by molar-refractivity contribution is 9.11. The van der Waals surface area contributed by atoms with Crippen molar-refractivity contribution < 1.29 is 4.42 Å². The molecule has 6 heteroatoms. The molecule has 0 saturated heterocycles. The smallest absolute Gasteiger partial charge is 0.192 e. The van der Waals surface area contributed by atoms with E-state index in [9.17, 15) is 0 Å². The lowest BCUT2D eigenvalue weighted by atomic mass is 10.2. The molecule has 0 amide bonds. The van der Waals surface area contributed by atoms with Gasteiger partial charge in [-0.1, -0.05) is 0 Å². The second-order valence-electron chi connectivity index (χ2n) is 4.19. The quantitative estimate of drug-likeness (QED) is 0.790. The lowest BCUT2D eigenvalue weighted by molar-refractivity contribution is 0.561. The van der Waals surface area contributed by atoms with Crippen molar-refractivity contribution in [1.29, 1.82) is 0 Å². The van der Waals surface area contributed by atoms with Gasteiger partial charge in [0.15, 0.2) is 11.5 Å². The number of hydrogen-bond acceptors (Lipinski definition) is 5. The highest BCUT2D eigenvalue weighted by Gasteiger charge is 2.11. The number of aromatic nitrogens is 2. The van der Waals surface area contributed by atoms with Gasteiger partial charge >= 0.3 is 0 Å². The third-order valence-electron chi connectivity index (χ3n) is 2.74. The normalized spacial score (nSPS) is 11.3. The van der Waals surface area contributed by atoms with Crippen molar-refractivity contribution in [2.24, 2.45) is 0 Å². The van der Waals surface area contributed by atoms with Gasteiger partial charge in [-0.15, -0.1) is 11.3 Å². The largest absolute Gasteiger partial charge is 0.441 e. The van der Waals surface area contributed by atoms with E-state index in [0.717, 1.165) is 37.7 Å². The first-order valence-electron chi connectivity index (χ1n) is 5.85. The van der Waals surface area contributed by atoms with Crippen molar-refractivity contribution in [2.45, 2.75) is 13.5 Å². The molecule has 4 nitrogen and oxygen atoms in total. The van der Waals surface area contributed by atoms with Gasteiger partial charge in [-0.3, -0.25) is 0 Å². The van der Waals surface area contributed by atoms with Crippen LogP contribution in [0, 0.1) is 6.92 Å². The Morgan fingerprint density at radius 2 is 2.21 bits per heavy atom. The van der Waals surface area contributed by atoms with Gasteiger partial charge in [-0.25, -0.2) is 9.97 Å². The fourth-order valence-corrected chi connectivity index (χ4v) is 3.40. The Hall–Kier alpha value is -1.24. The highest BCUT2D eigenvalue weighted by atomic mass is 79.9. The fourth-order valence-electron chi connectivity index (χ4n) is 1.91. The van der Waals surface area contributed by atoms with E-state index in [2.05, 4.69) is 31.2 Å². The minimum Gasteiger partial charge on any atom is -0.441 e. The van der Waals surface area contributed by atoms with Gasteiger partial charge in [-0.05, 0) is 41.2 Å². The third kappa shape index (κ3) is 2.43. The van der Waals surface area contributed by atoms with Crippen molar-refractivity contribution in [3.8, 4) is 10.6 Å². The Labute approximate surface area is 123 Å². The molecule has 0 saturated carbocycles. The first kappa shape index (κ1) is 12.8. The third-order valence-corrected chi connectivity index (χ3v) is 4.61. The maximum atomic E-state index is 5.48. The summed E-state index contributed by atoms with van der Waals surface area (Å²) in [6.07, 6.45) is 0. The van der Waals surface area contributed by atoms with Crippen LogP contribution in [0.2, 0.25) is 0 Å². The average Bonchev–Trinajstić information content (AvgIpc) is 2.91. The molecule has 0 aliphatic heterocycles. The fraction of sp³-hybridized carbons (Fsp3) is 0.231. The summed E-state index contributed by atoms with van der Waals surface area (Å²) >= 11 is 5.18. The standard InChI is InChI=1S/C13H12BrN3OS/c1-7-16-9-5-8(3-4-11(9)18-7)13-17-10(6-15-2)12(14)19-13/h3-5,15H,6H2,1-2H3. The van der Waals surface area contributed by atoms with Crippen LogP contribution in [0.15, 0.2) is 26.4 Å². The summed E-state index contributed by atoms with van der Waals surface area (Å²) in [4.78, 5) is 8.99. The van der Waals surface area contributed by atoms with E-state index in [1.54, 1.807) is 11.3 Å². The molecule has 0 spiro atoms. The Bertz CT molecular complexity index is 735. The van der Waals surface area contributed by atoms with Crippen LogP contribution in [-0.4, -0.2) is 17.0 Å². The van der Waals surface area contributed by atoms with Crippen LogP contribution in [0.3, 0.4) is 0 Å². The minimum absolute atomic E-state index is 0.684. The number of fused-ring (bicyclic) bond motifs is 1. The molecule has 0 atom stereocenters. The Kier molecular flexibility index (Phi) is 3.38. The second kappa shape index (κ2) is 5.03. The number of aryl methyl sites for hydroxylation is 1. The molecule has 2 aromatic heterocycles. The number of benzene rings is 1. The van der Waals surface area contributed by atoms with E-state index >= 15 is 0 Å². The first-order chi connectivity index (χ1) is 9.17. The Balaban J connectivity index is 2.05. The first-order valence-corrected chi connectivity index (χ1v) is 7.45. The molecule has 0 bridgehead atoms. The van der Waals surface area contributed by atoms with Gasteiger partial charge < -0.3 is 9.73 Å². The maximum Gasteiger partial charge on any atom is 0.192 e. The molecule has 1 aromatic carbocycles. The molecule has 0 aliphatic carbocycles. The zero-order valence-electron chi connectivity index (χ0n) is 10.5. The van der Waals surface area contributed by atoms with Crippen LogP contribution in [0.25, 0.3) is 21.7 Å². The molecule has 0 radical (unpaired) electrons. The summed E-state index contributed by atoms with van der Waals surface area (Å²) in [7, 11) is 1.91. The summed E-state index contributed by atoms with van der Waals surface area (Å²) in [6, 6.07) is 5.97. The number of nitrogens with one attached hydrogen (secondary N) is 1. The van der Waals surface area contributed by atoms with Crippen LogP contribution >= 0.6 is 27.3 Å². The van der Waals surface area contributed by atoms with Gasteiger partial charge in [0.05, 0.1) is 9.48 Å². The van der Waals surface area contributed by atoms with Crippen LogP contribution in [0.4, 0.5) is 0 Å². The predicted molar refractivity (Wildman–Crippen MR) is 80.3 cm³/mol. The zero-order valence-corrected chi connectivity index (χ0v) is 12.9. The van der Waals surface area contributed by atoms with Crippen LogP contribution in [-0.2, 0) is 6.54 Å². The van der Waals surface area contributed by atoms with Gasteiger partial charge in [0.1, 0.15) is 10.5 Å². The Morgan fingerprint density at radius 1 is 1.37 bits per heavy atom. The van der Waals surface area contributed by atoms with Gasteiger partial charge in [0, 0.05) is 19.0 Å². The average molecular weight is 338 g/mol. The van der Waals surface area contributed by atoms with E-state index in [1.165, 1.54) is 0 Å². The zero-order chi connectivity index (χ0) is 13.4. The van der Waals surface area contributed by atoms with E-state index in [4.69, 9.17) is 4.42 Å². The van der Waals surface area contributed by atoms with Gasteiger partial charge in [0.25, 0.3) is 0 Å². The summed E-state index contributed by atoms with van der Waals surface area (Å²) in [6.45, 7) is 2.60. The number of oxazole rings is 1. The van der Waals surface area contributed by atoms with Gasteiger partial charge in [0.2, 0.25) is 0 Å². The summed E-state index contributed by atoms with van der Waals surface area (Å²) in [5, 5.41) is 4.10. The van der Waals surface area contributed by atoms with Crippen LogP contribution < -0.4 is 5.32 Å². The van der Waals surface area contributed by atoms with Crippen LogP contribution in [0.5, 0.6) is 0 Å². The highest BCUT2D eigenvalue weighted by Crippen LogP contribution is 2.33. The number of nitrogens with zero attached hydrogens (tertiary/aromatic N) is 2. The molecule has 19 heavy (non-hydrogen) atoms. The molecular formula is C13H12BrN3OS. The van der Waals surface area contributed by atoms with Gasteiger partial charge in [-0.2, -0.15) is 0 Å². The number of hydrogen-bond donors (Lipinski definition) is 1. The topological polar surface area (TPSA) is 51.0 Å². The lowest BCUT2D eigenvalue weighted by Crippen LogP contribution is -2.05. The van der Waals surface area contributed by atoms with E-state index < -0.39 is 0 Å². The van der Waals surface area contributed by atoms with E-state index in [0.29, 0.717) is 5.89 Å². The summed E-state index contributed by atoms with van der Waals surface area (Å²) in [5.74, 6) is 0.684.